The molecule has 1 unspecified atom stereocenters. The standard InChI is InChI=1S/C15H19N3O2S/c1-4-18(10(3)11-6-5-7-12(19)8-11)14(20)13-9(2)17-15(16)21-13/h5-8,10,19H,4H2,1-3H3,(H2,16,17). The van der Waals surface area contributed by atoms with Gasteiger partial charge in [-0.2, -0.15) is 0 Å². The van der Waals surface area contributed by atoms with Gasteiger partial charge in [-0.3, -0.25) is 4.79 Å². The minimum atomic E-state index is -0.141. The molecule has 0 spiro atoms. The number of thiazole rings is 1. The zero-order valence-electron chi connectivity index (χ0n) is 12.3. The van der Waals surface area contributed by atoms with E-state index in [9.17, 15) is 9.90 Å². The number of amides is 1. The van der Waals surface area contributed by atoms with Crippen LogP contribution < -0.4 is 5.73 Å². The molecule has 0 aliphatic rings. The van der Waals surface area contributed by atoms with E-state index in [1.54, 1.807) is 30.0 Å². The van der Waals surface area contributed by atoms with E-state index in [1.807, 2.05) is 19.9 Å². The van der Waals surface area contributed by atoms with Crippen molar-refractivity contribution in [3.8, 4) is 5.75 Å². The maximum absolute atomic E-state index is 12.7. The van der Waals surface area contributed by atoms with Crippen molar-refractivity contribution in [2.75, 3.05) is 12.3 Å². The third kappa shape index (κ3) is 3.16. The van der Waals surface area contributed by atoms with E-state index >= 15 is 0 Å². The normalized spacial score (nSPS) is 12.1. The summed E-state index contributed by atoms with van der Waals surface area (Å²) in [6, 6.07) is 6.82. The van der Waals surface area contributed by atoms with Crippen molar-refractivity contribution < 1.29 is 9.90 Å². The van der Waals surface area contributed by atoms with Crippen LogP contribution in [0.2, 0.25) is 0 Å². The molecule has 0 saturated heterocycles. The molecule has 21 heavy (non-hydrogen) atoms. The van der Waals surface area contributed by atoms with Crippen LogP contribution in [0.4, 0.5) is 5.13 Å². The Morgan fingerprint density at radius 2 is 2.24 bits per heavy atom. The summed E-state index contributed by atoms with van der Waals surface area (Å²) in [5.41, 5.74) is 7.22. The molecule has 1 aromatic carbocycles. The van der Waals surface area contributed by atoms with Crippen molar-refractivity contribution >= 4 is 22.4 Å². The number of anilines is 1. The van der Waals surface area contributed by atoms with Gasteiger partial charge in [0, 0.05) is 6.54 Å². The van der Waals surface area contributed by atoms with Gasteiger partial charge in [-0.1, -0.05) is 23.5 Å². The predicted octanol–water partition coefficient (Wildman–Crippen LogP) is 2.96. The predicted molar refractivity (Wildman–Crippen MR) is 84.5 cm³/mol. The maximum Gasteiger partial charge on any atom is 0.266 e. The Kier molecular flexibility index (Phi) is 4.47. The zero-order valence-corrected chi connectivity index (χ0v) is 13.1. The zero-order chi connectivity index (χ0) is 15.6. The van der Waals surface area contributed by atoms with Crippen LogP contribution in [0.3, 0.4) is 0 Å². The van der Waals surface area contributed by atoms with E-state index in [0.29, 0.717) is 22.2 Å². The van der Waals surface area contributed by atoms with Gasteiger partial charge in [-0.25, -0.2) is 4.98 Å². The second kappa shape index (κ2) is 6.13. The van der Waals surface area contributed by atoms with E-state index in [0.717, 1.165) is 5.56 Å². The van der Waals surface area contributed by atoms with Crippen LogP contribution in [0.5, 0.6) is 5.75 Å². The van der Waals surface area contributed by atoms with Crippen LogP contribution in [0.25, 0.3) is 0 Å². The number of carbonyl (C=O) groups is 1. The number of aromatic hydroxyl groups is 1. The number of phenols is 1. The van der Waals surface area contributed by atoms with Gasteiger partial charge in [0.2, 0.25) is 0 Å². The highest BCUT2D eigenvalue weighted by Crippen LogP contribution is 2.28. The van der Waals surface area contributed by atoms with Crippen LogP contribution in [0.1, 0.15) is 40.8 Å². The minimum Gasteiger partial charge on any atom is -0.508 e. The molecule has 1 amide bonds. The number of nitrogen functional groups attached to an aromatic ring is 1. The largest absolute Gasteiger partial charge is 0.508 e. The summed E-state index contributed by atoms with van der Waals surface area (Å²) in [7, 11) is 0. The number of aromatic nitrogens is 1. The SMILES string of the molecule is CCN(C(=O)c1sc(N)nc1C)C(C)c1cccc(O)c1. The molecule has 3 N–H and O–H groups in total. The topological polar surface area (TPSA) is 79.5 Å². The number of hydrogen-bond donors (Lipinski definition) is 2. The maximum atomic E-state index is 12.7. The Bertz CT molecular complexity index is 654. The first-order valence-corrected chi connectivity index (χ1v) is 7.58. The van der Waals surface area contributed by atoms with E-state index in [-0.39, 0.29) is 17.7 Å². The molecule has 1 atom stereocenters. The molecule has 1 heterocycles. The third-order valence-corrected chi connectivity index (χ3v) is 4.40. The van der Waals surface area contributed by atoms with Gasteiger partial charge in [0.25, 0.3) is 5.91 Å². The van der Waals surface area contributed by atoms with Gasteiger partial charge in [0.05, 0.1) is 11.7 Å². The fourth-order valence-corrected chi connectivity index (χ4v) is 3.09. The van der Waals surface area contributed by atoms with Gasteiger partial charge in [-0.05, 0) is 38.5 Å². The minimum absolute atomic E-state index is 0.0833. The molecule has 6 heteroatoms. The van der Waals surface area contributed by atoms with Gasteiger partial charge in [-0.15, -0.1) is 0 Å². The molecule has 0 aliphatic heterocycles. The average molecular weight is 305 g/mol. The van der Waals surface area contributed by atoms with Crippen molar-refractivity contribution in [2.45, 2.75) is 26.8 Å². The van der Waals surface area contributed by atoms with Crippen LogP contribution in [0.15, 0.2) is 24.3 Å². The lowest BCUT2D eigenvalue weighted by Gasteiger charge is -2.28. The van der Waals surface area contributed by atoms with Crippen LogP contribution in [-0.2, 0) is 0 Å². The van der Waals surface area contributed by atoms with Crippen molar-refractivity contribution in [3.05, 3.63) is 40.4 Å². The van der Waals surface area contributed by atoms with E-state index in [4.69, 9.17) is 5.73 Å². The fraction of sp³-hybridized carbons (Fsp3) is 0.333. The summed E-state index contributed by atoms with van der Waals surface area (Å²) in [6.45, 7) is 6.21. The van der Waals surface area contributed by atoms with Crippen LogP contribution >= 0.6 is 11.3 Å². The lowest BCUT2D eigenvalue weighted by atomic mass is 10.1. The van der Waals surface area contributed by atoms with E-state index < -0.39 is 0 Å². The number of rotatable bonds is 4. The Hall–Kier alpha value is -2.08. The highest BCUT2D eigenvalue weighted by atomic mass is 32.1. The van der Waals surface area contributed by atoms with E-state index in [1.165, 1.54) is 11.3 Å². The van der Waals surface area contributed by atoms with Gasteiger partial charge >= 0.3 is 0 Å². The third-order valence-electron chi connectivity index (χ3n) is 3.43. The number of carbonyl (C=O) groups excluding carboxylic acids is 1. The Morgan fingerprint density at radius 3 is 2.76 bits per heavy atom. The number of nitrogens with zero attached hydrogens (tertiary/aromatic N) is 2. The smallest absolute Gasteiger partial charge is 0.266 e. The van der Waals surface area contributed by atoms with Crippen LogP contribution in [0, 0.1) is 6.92 Å². The summed E-state index contributed by atoms with van der Waals surface area (Å²) in [6.07, 6.45) is 0. The second-order valence-corrected chi connectivity index (χ2v) is 5.86. The molecular weight excluding hydrogens is 286 g/mol. The first kappa shape index (κ1) is 15.3. The molecular formula is C15H19N3O2S. The lowest BCUT2D eigenvalue weighted by molar-refractivity contribution is 0.0706. The first-order valence-electron chi connectivity index (χ1n) is 6.76. The number of hydrogen-bond acceptors (Lipinski definition) is 5. The molecule has 0 fully saturated rings. The summed E-state index contributed by atoms with van der Waals surface area (Å²) in [5, 5.41) is 9.99. The van der Waals surface area contributed by atoms with Crippen molar-refractivity contribution in [1.82, 2.24) is 9.88 Å². The Balaban J connectivity index is 2.30. The van der Waals surface area contributed by atoms with Crippen molar-refractivity contribution in [2.24, 2.45) is 0 Å². The van der Waals surface area contributed by atoms with Crippen molar-refractivity contribution in [1.29, 1.82) is 0 Å². The molecule has 1 aromatic heterocycles. The second-order valence-electron chi connectivity index (χ2n) is 4.83. The first-order chi connectivity index (χ1) is 9.93. The molecule has 0 bridgehead atoms. The van der Waals surface area contributed by atoms with Crippen molar-refractivity contribution in [3.63, 3.8) is 0 Å². The number of benzene rings is 1. The Morgan fingerprint density at radius 1 is 1.52 bits per heavy atom. The number of nitrogens with two attached hydrogens (primary N) is 1. The molecule has 0 aliphatic carbocycles. The molecule has 0 saturated carbocycles. The monoisotopic (exact) mass is 305 g/mol. The summed E-state index contributed by atoms with van der Waals surface area (Å²) in [5.74, 6) is 0.112. The molecule has 2 aromatic rings. The highest BCUT2D eigenvalue weighted by Gasteiger charge is 2.25. The summed E-state index contributed by atoms with van der Waals surface area (Å²) in [4.78, 5) is 19.1. The number of phenolic OH excluding ortho intramolecular Hbond substituents is 1. The van der Waals surface area contributed by atoms with E-state index in [2.05, 4.69) is 4.98 Å². The van der Waals surface area contributed by atoms with Crippen LogP contribution in [-0.4, -0.2) is 27.4 Å². The lowest BCUT2D eigenvalue weighted by Crippen LogP contribution is -2.33. The highest BCUT2D eigenvalue weighted by molar-refractivity contribution is 7.17. The quantitative estimate of drug-likeness (QED) is 0.910. The fourth-order valence-electron chi connectivity index (χ4n) is 2.30. The van der Waals surface area contributed by atoms with Gasteiger partial charge in [0.1, 0.15) is 10.6 Å². The molecule has 2 rings (SSSR count). The average Bonchev–Trinajstić information content (AvgIpc) is 2.78. The molecule has 112 valence electrons. The van der Waals surface area contributed by atoms with Gasteiger partial charge < -0.3 is 15.7 Å². The summed E-state index contributed by atoms with van der Waals surface area (Å²) >= 11 is 1.21. The molecule has 5 nitrogen and oxygen atoms in total. The molecule has 0 radical (unpaired) electrons. The number of aryl methyl sites for hydroxylation is 1. The Labute approximate surface area is 128 Å². The van der Waals surface area contributed by atoms with Gasteiger partial charge in [0.15, 0.2) is 5.13 Å². The summed E-state index contributed by atoms with van der Waals surface area (Å²) < 4.78 is 0.